The highest BCUT2D eigenvalue weighted by molar-refractivity contribution is 7.84. The number of pyridine rings is 1. The molecule has 3 atom stereocenters. The molecule has 14 nitrogen and oxygen atoms in total. The van der Waals surface area contributed by atoms with E-state index in [9.17, 15) is 32.4 Å². The second-order valence-corrected chi connectivity index (χ2v) is 16.4. The highest BCUT2D eigenvalue weighted by Crippen LogP contribution is 2.30. The monoisotopic (exact) mass is 690 g/mol. The van der Waals surface area contributed by atoms with Crippen LogP contribution in [0.5, 0.6) is 0 Å². The molecule has 1 saturated heterocycles. The second kappa shape index (κ2) is 15.7. The number of primary sulfonamides is 1. The third-order valence-corrected chi connectivity index (χ3v) is 10.8. The summed E-state index contributed by atoms with van der Waals surface area (Å²) < 4.78 is 27.6. The molecule has 48 heavy (non-hydrogen) atoms. The maximum absolute atomic E-state index is 14.1. The van der Waals surface area contributed by atoms with Crippen molar-refractivity contribution in [2.45, 2.75) is 128 Å². The van der Waals surface area contributed by atoms with E-state index in [1.165, 1.54) is 11.1 Å². The molecule has 15 heteroatoms. The Morgan fingerprint density at radius 1 is 1.02 bits per heavy atom. The highest BCUT2D eigenvalue weighted by atomic mass is 32.2. The van der Waals surface area contributed by atoms with Gasteiger partial charge in [-0.1, -0.05) is 59.4 Å². The number of carbonyl (C=O) groups excluding carboxylic acids is 5. The number of nitrogens with one attached hydrogen (secondary N) is 4. The summed E-state index contributed by atoms with van der Waals surface area (Å²) in [5, 5.41) is 11.2. The minimum absolute atomic E-state index is 0.00345. The molecule has 2 saturated carbocycles. The van der Waals surface area contributed by atoms with Crippen LogP contribution in [0.1, 0.15) is 98.3 Å². The first-order valence-electron chi connectivity index (χ1n) is 17.2. The largest absolute Gasteiger partial charge is 0.347 e. The number of Topliss-reactive ketones (excluding diaryl/α,β-unsaturated/α-hetero) is 1. The summed E-state index contributed by atoms with van der Waals surface area (Å²) in [5.74, 6) is -2.37. The Balaban J connectivity index is 1.45. The Hall–Kier alpha value is -3.59. The van der Waals surface area contributed by atoms with Crippen molar-refractivity contribution in [2.75, 3.05) is 12.3 Å². The van der Waals surface area contributed by atoms with Crippen LogP contribution in [0.3, 0.4) is 0 Å². The number of hydrogen-bond donors (Lipinski definition) is 5. The van der Waals surface area contributed by atoms with E-state index in [0.29, 0.717) is 37.9 Å². The van der Waals surface area contributed by atoms with E-state index < -0.39 is 68.6 Å². The van der Waals surface area contributed by atoms with E-state index >= 15 is 0 Å². The van der Waals surface area contributed by atoms with Gasteiger partial charge in [0, 0.05) is 24.8 Å². The fourth-order valence-corrected chi connectivity index (χ4v) is 8.31. The number of carbonyl (C=O) groups is 5. The Morgan fingerprint density at radius 2 is 1.73 bits per heavy atom. The molecule has 0 aromatic carbocycles. The maximum atomic E-state index is 14.1. The lowest BCUT2D eigenvalue weighted by atomic mass is 9.83. The maximum Gasteiger partial charge on any atom is 0.315 e. The van der Waals surface area contributed by atoms with Gasteiger partial charge in [0.1, 0.15) is 17.8 Å². The van der Waals surface area contributed by atoms with E-state index in [2.05, 4.69) is 26.3 Å². The van der Waals surface area contributed by atoms with Gasteiger partial charge in [0.15, 0.2) is 0 Å². The van der Waals surface area contributed by atoms with Crippen molar-refractivity contribution in [3.63, 3.8) is 0 Å². The van der Waals surface area contributed by atoms with Gasteiger partial charge in [0.25, 0.3) is 5.91 Å². The standard InChI is InChI=1S/C33H51N7O7S/c1-5-12-23(26(41)29(43)35-22-15-16-22)36-28(42)24-13-11-20-40(24)30(44)27(32(2,3)4)37-31(45)38-33(17-8-6-9-18-33)21-48(46,47)39-25-14-7-10-19-34-25/h7,10,14,19,22-24,27H,5-6,8-9,11-13,15-18,20-21H2,1-4H3,(H,34,39)(H,35,43)(H,36,42)(H2,37,38,45)/p+1/t23-,24+,27-/m1/s1. The predicted octanol–water partition coefficient (Wildman–Crippen LogP) is 1.15. The van der Waals surface area contributed by atoms with E-state index in [-0.39, 0.29) is 24.8 Å². The molecule has 2 heterocycles. The first-order chi connectivity index (χ1) is 22.6. The number of aromatic nitrogens is 1. The minimum Gasteiger partial charge on any atom is -0.347 e. The quantitative estimate of drug-likeness (QED) is 0.179. The lowest BCUT2D eigenvalue weighted by Gasteiger charge is -2.39. The molecule has 0 spiro atoms. The number of quaternary nitrogens is 1. The Labute approximate surface area is 283 Å². The summed E-state index contributed by atoms with van der Waals surface area (Å²) in [7, 11) is -3.77. The predicted molar refractivity (Wildman–Crippen MR) is 178 cm³/mol. The molecule has 4 rings (SSSR count). The average molecular weight is 691 g/mol. The van der Waals surface area contributed by atoms with Crippen molar-refractivity contribution in [2.24, 2.45) is 5.41 Å². The highest BCUT2D eigenvalue weighted by Gasteiger charge is 2.45. The molecule has 3 fully saturated rings. The molecule has 6 N–H and O–H groups in total. The zero-order valence-corrected chi connectivity index (χ0v) is 29.4. The molecule has 5 amide bonds. The van der Waals surface area contributed by atoms with Crippen LogP contribution >= 0.6 is 0 Å². The zero-order chi connectivity index (χ0) is 35.1. The van der Waals surface area contributed by atoms with Crippen LogP contribution in [0.2, 0.25) is 0 Å². The van der Waals surface area contributed by atoms with Gasteiger partial charge >= 0.3 is 16.1 Å². The van der Waals surface area contributed by atoms with Gasteiger partial charge in [-0.15, -0.1) is 0 Å². The summed E-state index contributed by atoms with van der Waals surface area (Å²) in [6, 6.07) is 1.43. The molecule has 266 valence electrons. The SMILES string of the molecule is CCC[C@@H](NC(=O)[C@@H]1CCCN1C(=O)[C@@H](NC(=O)NC1(CS(=O)(=O)[NH2+]c2ccccn2)CCCCC1)C(C)(C)C)C(=O)C(=O)NC1CC1. The number of ketones is 1. The summed E-state index contributed by atoms with van der Waals surface area (Å²) in [6.07, 6.45) is 8.29. The second-order valence-electron chi connectivity index (χ2n) is 14.6. The molecule has 0 radical (unpaired) electrons. The van der Waals surface area contributed by atoms with Crippen molar-refractivity contribution in [1.29, 1.82) is 0 Å². The van der Waals surface area contributed by atoms with Gasteiger partial charge in [0.2, 0.25) is 23.4 Å². The van der Waals surface area contributed by atoms with Crippen LogP contribution in [-0.4, -0.2) is 89.8 Å². The number of hydrogen-bond acceptors (Lipinski definition) is 8. The van der Waals surface area contributed by atoms with Gasteiger partial charge in [-0.05, 0) is 56.4 Å². The Kier molecular flexibility index (Phi) is 12.2. The van der Waals surface area contributed by atoms with E-state index in [4.69, 9.17) is 0 Å². The zero-order valence-electron chi connectivity index (χ0n) is 28.5. The fourth-order valence-electron chi connectivity index (χ4n) is 6.58. The van der Waals surface area contributed by atoms with Crippen molar-refractivity contribution in [1.82, 2.24) is 31.2 Å². The number of nitrogens with zero attached hydrogens (tertiary/aromatic N) is 2. The molecule has 0 unspecified atom stereocenters. The first-order valence-corrected chi connectivity index (χ1v) is 18.9. The van der Waals surface area contributed by atoms with Gasteiger partial charge in [-0.2, -0.15) is 13.1 Å². The smallest absolute Gasteiger partial charge is 0.315 e. The van der Waals surface area contributed by atoms with Gasteiger partial charge in [-0.3, -0.25) is 19.2 Å². The number of urea groups is 1. The van der Waals surface area contributed by atoms with Crippen molar-refractivity contribution < 1.29 is 37.1 Å². The molecule has 3 aliphatic rings. The third kappa shape index (κ3) is 10.2. The Morgan fingerprint density at radius 3 is 2.33 bits per heavy atom. The molecule has 2 aliphatic carbocycles. The topological polar surface area (TPSA) is 200 Å². The molecule has 1 aromatic rings. The number of likely N-dealkylation sites (tertiary alicyclic amines) is 1. The lowest BCUT2D eigenvalue weighted by Crippen LogP contribution is -2.84. The lowest BCUT2D eigenvalue weighted by molar-refractivity contribution is -0.402. The normalized spacial score (nSPS) is 20.7. The van der Waals surface area contributed by atoms with E-state index in [1.54, 1.807) is 39.0 Å². The van der Waals surface area contributed by atoms with E-state index in [0.717, 1.165) is 36.8 Å². The molecular formula is C33H52N7O7S+. The van der Waals surface area contributed by atoms with Crippen LogP contribution in [0.15, 0.2) is 24.4 Å². The molecule has 1 aromatic heterocycles. The van der Waals surface area contributed by atoms with Crippen LogP contribution in [0.25, 0.3) is 0 Å². The van der Waals surface area contributed by atoms with Crippen molar-refractivity contribution >= 4 is 45.4 Å². The third-order valence-electron chi connectivity index (χ3n) is 9.23. The summed E-state index contributed by atoms with van der Waals surface area (Å²) in [6.45, 7) is 7.55. The van der Waals surface area contributed by atoms with Gasteiger partial charge in [-0.25, -0.2) is 9.78 Å². The van der Waals surface area contributed by atoms with Crippen LogP contribution < -0.4 is 26.0 Å². The Bertz CT molecular complexity index is 1440. The summed E-state index contributed by atoms with van der Waals surface area (Å²) >= 11 is 0. The number of amides is 5. The first kappa shape index (κ1) is 37.2. The van der Waals surface area contributed by atoms with Crippen molar-refractivity contribution in [3.8, 4) is 0 Å². The van der Waals surface area contributed by atoms with Crippen LogP contribution in [0, 0.1) is 5.41 Å². The number of nitrogens with two attached hydrogens (primary N) is 1. The van der Waals surface area contributed by atoms with Gasteiger partial charge in [0.05, 0.1) is 11.6 Å². The van der Waals surface area contributed by atoms with Gasteiger partial charge < -0.3 is 26.2 Å². The van der Waals surface area contributed by atoms with Crippen LogP contribution in [0.4, 0.5) is 10.6 Å². The summed E-state index contributed by atoms with van der Waals surface area (Å²) in [5.41, 5.74) is -1.79. The van der Waals surface area contributed by atoms with Crippen LogP contribution in [-0.2, 0) is 29.2 Å². The minimum atomic E-state index is -3.77. The molecule has 1 aliphatic heterocycles. The summed E-state index contributed by atoms with van der Waals surface area (Å²) in [4.78, 5) is 72.1. The molecular weight excluding hydrogens is 638 g/mol. The van der Waals surface area contributed by atoms with Crippen molar-refractivity contribution in [3.05, 3.63) is 24.4 Å². The number of sulfonamides is 1. The van der Waals surface area contributed by atoms with E-state index in [1.807, 2.05) is 6.92 Å². The number of rotatable bonds is 14. The fraction of sp³-hybridized carbons (Fsp3) is 0.697. The average Bonchev–Trinajstić information content (AvgIpc) is 3.69. The molecule has 0 bridgehead atoms.